The number of aromatic nitrogens is 5. The molecule has 0 radical (unpaired) electrons. The van der Waals surface area contributed by atoms with Crippen LogP contribution in [0.1, 0.15) is 12.8 Å². The number of nitrogens with zero attached hydrogens (tertiary/aromatic N) is 5. The third-order valence-corrected chi connectivity index (χ3v) is 4.32. The van der Waals surface area contributed by atoms with E-state index in [4.69, 9.17) is 4.74 Å². The van der Waals surface area contributed by atoms with Crippen molar-refractivity contribution in [2.75, 3.05) is 23.9 Å². The number of benzene rings is 1. The van der Waals surface area contributed by atoms with Gasteiger partial charge in [-0.05, 0) is 24.6 Å². The van der Waals surface area contributed by atoms with Gasteiger partial charge in [0.15, 0.2) is 0 Å². The number of hydrogen-bond donors (Lipinski definition) is 3. The van der Waals surface area contributed by atoms with Gasteiger partial charge >= 0.3 is 6.01 Å². The van der Waals surface area contributed by atoms with Gasteiger partial charge in [0.05, 0.1) is 24.9 Å². The Morgan fingerprint density at radius 3 is 3.16 bits per heavy atom. The zero-order valence-electron chi connectivity index (χ0n) is 13.8. The van der Waals surface area contributed by atoms with Crippen molar-refractivity contribution in [3.63, 3.8) is 0 Å². The number of aromatic amines is 1. The van der Waals surface area contributed by atoms with Crippen LogP contribution in [-0.4, -0.2) is 56.2 Å². The molecule has 9 heteroatoms. The minimum absolute atomic E-state index is 0.139. The number of piperidine rings is 1. The summed E-state index contributed by atoms with van der Waals surface area (Å²) in [6.07, 6.45) is 3.94. The van der Waals surface area contributed by atoms with E-state index in [9.17, 15) is 5.11 Å². The van der Waals surface area contributed by atoms with Crippen molar-refractivity contribution in [2.45, 2.75) is 25.1 Å². The number of methoxy groups -OCH3 is 1. The smallest absolute Gasteiger partial charge is 0.320 e. The highest BCUT2D eigenvalue weighted by atomic mass is 16.5. The zero-order chi connectivity index (χ0) is 17.2. The van der Waals surface area contributed by atoms with Gasteiger partial charge in [0.2, 0.25) is 5.95 Å². The molecule has 1 saturated heterocycles. The number of aliphatic hydroxyl groups is 1. The summed E-state index contributed by atoms with van der Waals surface area (Å²) >= 11 is 0. The first-order valence-corrected chi connectivity index (χ1v) is 8.10. The number of ether oxygens (including phenoxy) is 1. The van der Waals surface area contributed by atoms with E-state index in [0.29, 0.717) is 25.3 Å². The van der Waals surface area contributed by atoms with Crippen molar-refractivity contribution in [2.24, 2.45) is 0 Å². The normalized spacial score (nSPS) is 20.6. The summed E-state index contributed by atoms with van der Waals surface area (Å²) in [5.74, 6) is 0.528. The predicted octanol–water partition coefficient (Wildman–Crippen LogP) is 1.16. The molecule has 3 heterocycles. The van der Waals surface area contributed by atoms with Gasteiger partial charge in [-0.1, -0.05) is 0 Å². The summed E-state index contributed by atoms with van der Waals surface area (Å²) in [6, 6.07) is 6.24. The molecule has 9 nitrogen and oxygen atoms in total. The van der Waals surface area contributed by atoms with Gasteiger partial charge in [0.1, 0.15) is 12.5 Å². The van der Waals surface area contributed by atoms with Crippen LogP contribution in [0, 0.1) is 0 Å². The summed E-state index contributed by atoms with van der Waals surface area (Å²) in [7, 11) is 1.52. The molecule has 2 unspecified atom stereocenters. The van der Waals surface area contributed by atoms with Gasteiger partial charge in [-0.3, -0.25) is 5.10 Å². The van der Waals surface area contributed by atoms with Crippen LogP contribution in [0.2, 0.25) is 0 Å². The quantitative estimate of drug-likeness (QED) is 0.648. The minimum atomic E-state index is -0.366. The summed E-state index contributed by atoms with van der Waals surface area (Å²) < 4.78 is 5.09. The van der Waals surface area contributed by atoms with Gasteiger partial charge in [0.25, 0.3) is 0 Å². The lowest BCUT2D eigenvalue weighted by Gasteiger charge is -2.38. The van der Waals surface area contributed by atoms with Crippen LogP contribution in [0.25, 0.3) is 10.9 Å². The molecule has 0 amide bonds. The van der Waals surface area contributed by atoms with Crippen LogP contribution in [0.5, 0.6) is 6.01 Å². The molecule has 4 rings (SSSR count). The Morgan fingerprint density at radius 1 is 1.36 bits per heavy atom. The van der Waals surface area contributed by atoms with Crippen molar-refractivity contribution in [1.29, 1.82) is 0 Å². The Balaban J connectivity index is 1.61. The Hall–Kier alpha value is -2.94. The Bertz CT molecular complexity index is 868. The summed E-state index contributed by atoms with van der Waals surface area (Å²) in [4.78, 5) is 14.6. The molecule has 1 aromatic carbocycles. The fourth-order valence-corrected chi connectivity index (χ4v) is 3.06. The lowest BCUT2D eigenvalue weighted by Crippen LogP contribution is -2.49. The molecule has 2 atom stereocenters. The van der Waals surface area contributed by atoms with E-state index in [-0.39, 0.29) is 18.3 Å². The second-order valence-corrected chi connectivity index (χ2v) is 5.98. The van der Waals surface area contributed by atoms with Crippen molar-refractivity contribution in [3.8, 4) is 6.01 Å². The molecule has 1 aliphatic rings. The number of rotatable bonds is 4. The molecule has 3 N–H and O–H groups in total. The van der Waals surface area contributed by atoms with Crippen LogP contribution in [-0.2, 0) is 0 Å². The Morgan fingerprint density at radius 2 is 2.28 bits per heavy atom. The third-order valence-electron chi connectivity index (χ3n) is 4.32. The fourth-order valence-electron chi connectivity index (χ4n) is 3.06. The van der Waals surface area contributed by atoms with Gasteiger partial charge in [-0.25, -0.2) is 4.98 Å². The molecule has 0 saturated carbocycles. The van der Waals surface area contributed by atoms with Crippen molar-refractivity contribution in [3.05, 3.63) is 30.7 Å². The van der Waals surface area contributed by atoms with Crippen LogP contribution in [0.4, 0.5) is 11.6 Å². The maximum atomic E-state index is 10.1. The van der Waals surface area contributed by atoms with Crippen molar-refractivity contribution in [1.82, 2.24) is 25.1 Å². The second kappa shape index (κ2) is 6.52. The molecule has 0 spiro atoms. The van der Waals surface area contributed by atoms with E-state index in [2.05, 4.69) is 30.5 Å². The van der Waals surface area contributed by atoms with E-state index in [1.165, 1.54) is 13.4 Å². The summed E-state index contributed by atoms with van der Waals surface area (Å²) in [5, 5.41) is 21.6. The lowest BCUT2D eigenvalue weighted by atomic mass is 10.0. The maximum absolute atomic E-state index is 10.1. The number of aliphatic hydroxyl groups excluding tert-OH is 1. The fraction of sp³-hybridized carbons (Fsp3) is 0.375. The third kappa shape index (κ3) is 3.18. The number of fused-ring (bicyclic) bond motifs is 1. The average Bonchev–Trinajstić information content (AvgIpc) is 3.10. The Kier molecular flexibility index (Phi) is 4.06. The predicted molar refractivity (Wildman–Crippen MR) is 92.5 cm³/mol. The Labute approximate surface area is 144 Å². The summed E-state index contributed by atoms with van der Waals surface area (Å²) in [6.45, 7) is 0.639. The van der Waals surface area contributed by atoms with E-state index in [1.54, 1.807) is 6.20 Å². The molecule has 1 aliphatic heterocycles. The number of hydrogen-bond acceptors (Lipinski definition) is 8. The SMILES string of the molecule is COc1ncnc(N2CCC(O)CC2Nc2ccc3[nH]ncc3c2)n1. The van der Waals surface area contributed by atoms with Gasteiger partial charge in [-0.15, -0.1) is 0 Å². The van der Waals surface area contributed by atoms with E-state index >= 15 is 0 Å². The molecule has 0 bridgehead atoms. The average molecular weight is 341 g/mol. The number of anilines is 2. The summed E-state index contributed by atoms with van der Waals surface area (Å²) in [5.41, 5.74) is 1.92. The molecule has 2 aromatic heterocycles. The first-order chi connectivity index (χ1) is 12.2. The zero-order valence-corrected chi connectivity index (χ0v) is 13.8. The lowest BCUT2D eigenvalue weighted by molar-refractivity contribution is 0.132. The van der Waals surface area contributed by atoms with Crippen molar-refractivity contribution < 1.29 is 9.84 Å². The highest BCUT2D eigenvalue weighted by Gasteiger charge is 2.29. The maximum Gasteiger partial charge on any atom is 0.320 e. The van der Waals surface area contributed by atoms with Crippen LogP contribution >= 0.6 is 0 Å². The topological polar surface area (TPSA) is 112 Å². The molecule has 130 valence electrons. The largest absolute Gasteiger partial charge is 0.467 e. The highest BCUT2D eigenvalue weighted by Crippen LogP contribution is 2.25. The second-order valence-electron chi connectivity index (χ2n) is 5.98. The van der Waals surface area contributed by atoms with Crippen LogP contribution in [0.15, 0.2) is 30.7 Å². The van der Waals surface area contributed by atoms with Crippen LogP contribution < -0.4 is 15.0 Å². The monoisotopic (exact) mass is 341 g/mol. The first kappa shape index (κ1) is 15.6. The molecule has 0 aliphatic carbocycles. The molecular weight excluding hydrogens is 322 g/mol. The number of nitrogens with one attached hydrogen (secondary N) is 2. The van der Waals surface area contributed by atoms with E-state index in [1.807, 2.05) is 23.1 Å². The van der Waals surface area contributed by atoms with Gasteiger partial charge in [-0.2, -0.15) is 15.1 Å². The number of H-pyrrole nitrogens is 1. The van der Waals surface area contributed by atoms with Gasteiger partial charge < -0.3 is 20.1 Å². The molecular formula is C16H19N7O2. The van der Waals surface area contributed by atoms with Crippen molar-refractivity contribution >= 4 is 22.5 Å². The van der Waals surface area contributed by atoms with Gasteiger partial charge in [0, 0.05) is 24.0 Å². The highest BCUT2D eigenvalue weighted by molar-refractivity contribution is 5.81. The van der Waals surface area contributed by atoms with Crippen LogP contribution in [0.3, 0.4) is 0 Å². The standard InChI is InChI=1S/C16H19N7O2/c1-25-16-18-9-17-15(21-16)23-5-4-12(24)7-14(23)20-11-2-3-13-10(6-11)8-19-22-13/h2-3,6,8-9,12,14,20,24H,4-5,7H2,1H3,(H,19,22). The van der Waals surface area contributed by atoms with E-state index < -0.39 is 0 Å². The molecule has 1 fully saturated rings. The molecule has 25 heavy (non-hydrogen) atoms. The molecule has 3 aromatic rings. The minimum Gasteiger partial charge on any atom is -0.467 e. The van der Waals surface area contributed by atoms with E-state index in [0.717, 1.165) is 16.6 Å². The first-order valence-electron chi connectivity index (χ1n) is 8.10.